The van der Waals surface area contributed by atoms with Gasteiger partial charge in [-0.05, 0) is 25.0 Å². The average molecular weight is 225 g/mol. The van der Waals surface area contributed by atoms with Gasteiger partial charge in [0.2, 0.25) is 0 Å². The highest BCUT2D eigenvalue weighted by Crippen LogP contribution is 2.35. The van der Waals surface area contributed by atoms with E-state index in [0.29, 0.717) is 5.56 Å². The molecule has 0 aliphatic heterocycles. The normalized spacial score (nSPS) is 14.6. The van der Waals surface area contributed by atoms with Crippen molar-refractivity contribution in [2.45, 2.75) is 25.6 Å². The molecule has 16 heavy (non-hydrogen) atoms. The minimum Gasteiger partial charge on any atom is -0.486 e. The fourth-order valence-corrected chi connectivity index (χ4v) is 1.23. The summed E-state index contributed by atoms with van der Waals surface area (Å²) in [5.41, 5.74) is 0.359. The van der Waals surface area contributed by atoms with E-state index in [1.165, 1.54) is 18.2 Å². The van der Waals surface area contributed by atoms with Crippen molar-refractivity contribution in [1.29, 1.82) is 5.26 Å². The van der Waals surface area contributed by atoms with E-state index in [4.69, 9.17) is 10.00 Å². The predicted molar refractivity (Wildman–Crippen MR) is 51.4 cm³/mol. The maximum atomic E-state index is 12.1. The van der Waals surface area contributed by atoms with Gasteiger partial charge < -0.3 is 9.47 Å². The second-order valence-corrected chi connectivity index (χ2v) is 3.47. The van der Waals surface area contributed by atoms with Gasteiger partial charge in [-0.15, -0.1) is 0 Å². The van der Waals surface area contributed by atoms with Gasteiger partial charge in [0.25, 0.3) is 0 Å². The van der Waals surface area contributed by atoms with Crippen LogP contribution in [0.15, 0.2) is 18.2 Å². The lowest BCUT2D eigenvalue weighted by atomic mass is 10.2. The van der Waals surface area contributed by atoms with Gasteiger partial charge in [-0.1, -0.05) is 0 Å². The maximum absolute atomic E-state index is 12.1. The minimum absolute atomic E-state index is 0.0269. The highest BCUT2D eigenvalue weighted by Gasteiger charge is 2.25. The number of alkyl halides is 2. The third-order valence-electron chi connectivity index (χ3n) is 2.11. The van der Waals surface area contributed by atoms with E-state index in [2.05, 4.69) is 4.74 Å². The predicted octanol–water partition coefficient (Wildman–Crippen LogP) is 2.70. The molecule has 0 atom stereocenters. The zero-order chi connectivity index (χ0) is 11.5. The number of benzene rings is 1. The standard InChI is InChI=1S/C11H9F2NO2/c12-11(13)16-9-4-1-7(6-14)5-10(9)15-8-2-3-8/h1,4-5,8,11H,2-3H2. The lowest BCUT2D eigenvalue weighted by Crippen LogP contribution is -2.05. The van der Waals surface area contributed by atoms with Crippen molar-refractivity contribution >= 4 is 0 Å². The van der Waals surface area contributed by atoms with Crippen LogP contribution in [0.4, 0.5) is 8.78 Å². The molecule has 1 aliphatic rings. The molecule has 0 saturated heterocycles. The molecule has 1 aromatic carbocycles. The third kappa shape index (κ3) is 2.60. The van der Waals surface area contributed by atoms with Crippen molar-refractivity contribution in [2.24, 2.45) is 0 Å². The van der Waals surface area contributed by atoms with Crippen LogP contribution in [0.1, 0.15) is 18.4 Å². The van der Waals surface area contributed by atoms with Crippen LogP contribution in [0.5, 0.6) is 11.5 Å². The molecular formula is C11H9F2NO2. The van der Waals surface area contributed by atoms with Crippen LogP contribution in [0, 0.1) is 11.3 Å². The summed E-state index contributed by atoms with van der Waals surface area (Å²) in [6.45, 7) is -2.89. The van der Waals surface area contributed by atoms with Gasteiger partial charge in [0.1, 0.15) is 0 Å². The maximum Gasteiger partial charge on any atom is 0.387 e. The van der Waals surface area contributed by atoms with E-state index in [1.807, 2.05) is 6.07 Å². The van der Waals surface area contributed by atoms with Crippen molar-refractivity contribution < 1.29 is 18.3 Å². The molecule has 0 radical (unpaired) electrons. The summed E-state index contributed by atoms with van der Waals surface area (Å²) >= 11 is 0. The first-order valence-electron chi connectivity index (χ1n) is 4.84. The summed E-state index contributed by atoms with van der Waals surface area (Å²) in [4.78, 5) is 0. The van der Waals surface area contributed by atoms with Gasteiger partial charge in [0.15, 0.2) is 11.5 Å². The van der Waals surface area contributed by atoms with Crippen molar-refractivity contribution in [2.75, 3.05) is 0 Å². The Bertz CT molecular complexity index is 424. The Labute approximate surface area is 91.2 Å². The smallest absolute Gasteiger partial charge is 0.387 e. The van der Waals surface area contributed by atoms with E-state index in [-0.39, 0.29) is 17.6 Å². The monoisotopic (exact) mass is 225 g/mol. The number of nitriles is 1. The Morgan fingerprint density at radius 2 is 2.06 bits per heavy atom. The Hall–Kier alpha value is -1.83. The Balaban J connectivity index is 2.23. The summed E-state index contributed by atoms with van der Waals surface area (Å²) in [5, 5.41) is 8.69. The molecule has 0 heterocycles. The van der Waals surface area contributed by atoms with Gasteiger partial charge >= 0.3 is 6.61 Å². The molecule has 0 bridgehead atoms. The highest BCUT2D eigenvalue weighted by atomic mass is 19.3. The van der Waals surface area contributed by atoms with Crippen molar-refractivity contribution in [3.63, 3.8) is 0 Å². The number of halogens is 2. The van der Waals surface area contributed by atoms with Crippen molar-refractivity contribution in [3.05, 3.63) is 23.8 Å². The molecule has 0 spiro atoms. The third-order valence-corrected chi connectivity index (χ3v) is 2.11. The van der Waals surface area contributed by atoms with Gasteiger partial charge in [-0.3, -0.25) is 0 Å². The molecule has 3 nitrogen and oxygen atoms in total. The molecule has 1 saturated carbocycles. The average Bonchev–Trinajstić information content (AvgIpc) is 3.04. The SMILES string of the molecule is N#Cc1ccc(OC(F)F)c(OC2CC2)c1. The number of nitrogens with zero attached hydrogens (tertiary/aromatic N) is 1. The molecule has 1 aromatic rings. The van der Waals surface area contributed by atoms with Crippen LogP contribution in [0.25, 0.3) is 0 Å². The summed E-state index contributed by atoms with van der Waals surface area (Å²) in [6.07, 6.45) is 1.88. The van der Waals surface area contributed by atoms with E-state index in [0.717, 1.165) is 12.8 Å². The number of hydrogen-bond donors (Lipinski definition) is 0. The first-order chi connectivity index (χ1) is 7.69. The molecule has 0 N–H and O–H groups in total. The Kier molecular flexibility index (Phi) is 2.91. The zero-order valence-electron chi connectivity index (χ0n) is 8.32. The molecule has 1 aliphatic carbocycles. The zero-order valence-corrected chi connectivity index (χ0v) is 8.32. The lowest BCUT2D eigenvalue weighted by molar-refractivity contribution is -0.0516. The van der Waals surface area contributed by atoms with E-state index in [9.17, 15) is 8.78 Å². The first-order valence-corrected chi connectivity index (χ1v) is 4.84. The fourth-order valence-electron chi connectivity index (χ4n) is 1.23. The van der Waals surface area contributed by atoms with Crippen molar-refractivity contribution in [1.82, 2.24) is 0 Å². The molecule has 5 heteroatoms. The Morgan fingerprint density at radius 3 is 2.62 bits per heavy atom. The number of hydrogen-bond acceptors (Lipinski definition) is 3. The molecule has 0 unspecified atom stereocenters. The Morgan fingerprint density at radius 1 is 1.31 bits per heavy atom. The fraction of sp³-hybridized carbons (Fsp3) is 0.364. The topological polar surface area (TPSA) is 42.2 Å². The first kappa shape index (κ1) is 10.7. The van der Waals surface area contributed by atoms with Crippen LogP contribution in [-0.2, 0) is 0 Å². The van der Waals surface area contributed by atoms with Crippen molar-refractivity contribution in [3.8, 4) is 17.6 Å². The van der Waals surface area contributed by atoms with Crippen LogP contribution in [0.3, 0.4) is 0 Å². The van der Waals surface area contributed by atoms with E-state index in [1.54, 1.807) is 0 Å². The second kappa shape index (κ2) is 4.35. The molecule has 0 amide bonds. The minimum atomic E-state index is -2.89. The van der Waals surface area contributed by atoms with Gasteiger partial charge in [0, 0.05) is 6.07 Å². The molecule has 1 fully saturated rings. The van der Waals surface area contributed by atoms with Gasteiger partial charge in [-0.25, -0.2) is 0 Å². The summed E-state index contributed by atoms with van der Waals surface area (Å²) in [7, 11) is 0. The van der Waals surface area contributed by atoms with Crippen LogP contribution in [-0.4, -0.2) is 12.7 Å². The molecule has 2 rings (SSSR count). The number of ether oxygens (including phenoxy) is 2. The molecular weight excluding hydrogens is 216 g/mol. The second-order valence-electron chi connectivity index (χ2n) is 3.47. The summed E-state index contributed by atoms with van der Waals surface area (Å²) in [6, 6.07) is 6.07. The highest BCUT2D eigenvalue weighted by molar-refractivity contribution is 5.47. The van der Waals surface area contributed by atoms with E-state index >= 15 is 0 Å². The quantitative estimate of drug-likeness (QED) is 0.791. The van der Waals surface area contributed by atoms with Crippen LogP contribution < -0.4 is 9.47 Å². The number of rotatable bonds is 4. The van der Waals surface area contributed by atoms with E-state index < -0.39 is 6.61 Å². The van der Waals surface area contributed by atoms with Crippen LogP contribution in [0.2, 0.25) is 0 Å². The lowest BCUT2D eigenvalue weighted by Gasteiger charge is -2.11. The van der Waals surface area contributed by atoms with Crippen LogP contribution >= 0.6 is 0 Å². The van der Waals surface area contributed by atoms with Gasteiger partial charge in [0.05, 0.1) is 17.7 Å². The molecule has 84 valence electrons. The summed E-state index contributed by atoms with van der Waals surface area (Å²) in [5.74, 6) is 0.183. The van der Waals surface area contributed by atoms with Gasteiger partial charge in [-0.2, -0.15) is 14.0 Å². The summed E-state index contributed by atoms with van der Waals surface area (Å²) < 4.78 is 33.9. The molecule has 0 aromatic heterocycles. The largest absolute Gasteiger partial charge is 0.486 e.